The van der Waals surface area contributed by atoms with E-state index >= 15 is 0 Å². The van der Waals surface area contributed by atoms with E-state index in [1.807, 2.05) is 6.92 Å². The summed E-state index contributed by atoms with van der Waals surface area (Å²) in [5.74, 6) is 0.833. The summed E-state index contributed by atoms with van der Waals surface area (Å²) in [5.41, 5.74) is 0. The quantitative estimate of drug-likeness (QED) is 0.445. The van der Waals surface area contributed by atoms with Crippen LogP contribution in [0.25, 0.3) is 0 Å². The second-order valence-corrected chi connectivity index (χ2v) is 2.85. The third-order valence-corrected chi connectivity index (χ3v) is 0. The van der Waals surface area contributed by atoms with Gasteiger partial charge in [0, 0.05) is 0 Å². The zero-order chi connectivity index (χ0) is 8.99. The van der Waals surface area contributed by atoms with Crippen molar-refractivity contribution in [3.8, 4) is 0 Å². The molecule has 0 unspecified atom stereocenters. The molecule has 0 atom stereocenters. The molecule has 0 radical (unpaired) electrons. The third kappa shape index (κ3) is 5200. The van der Waals surface area contributed by atoms with Gasteiger partial charge in [-0.2, -0.15) is 0 Å². The molecule has 0 aromatic rings. The smallest absolute Gasteiger partial charge is 0.0473 e. The predicted octanol–water partition coefficient (Wildman–Crippen LogP) is 4.27. The fraction of sp³-hybridized carbons (Fsp3) is 0.800. The largest absolute Gasteiger partial charge is 0.103 e. The van der Waals surface area contributed by atoms with Crippen molar-refractivity contribution in [3.63, 3.8) is 0 Å². The summed E-state index contributed by atoms with van der Waals surface area (Å²) in [6.07, 6.45) is 3.00. The number of rotatable bonds is 0. The fourth-order valence-corrected chi connectivity index (χ4v) is 0. The maximum atomic E-state index is 3.36. The van der Waals surface area contributed by atoms with Crippen LogP contribution in [0.5, 0.6) is 0 Å². The van der Waals surface area contributed by atoms with Crippen molar-refractivity contribution in [1.29, 1.82) is 0 Å². The van der Waals surface area contributed by atoms with Gasteiger partial charge in [-0.1, -0.05) is 47.1 Å². The Morgan fingerprint density at radius 2 is 1.20 bits per heavy atom. The first-order chi connectivity index (χ1) is 4.56. The summed E-state index contributed by atoms with van der Waals surface area (Å²) in [5, 5.41) is 0. The van der Waals surface area contributed by atoms with Crippen molar-refractivity contribution in [3.05, 3.63) is 12.7 Å². The highest BCUT2D eigenvalue weighted by Crippen LogP contribution is 1.81. The van der Waals surface area contributed by atoms with Gasteiger partial charge < -0.3 is 0 Å². The van der Waals surface area contributed by atoms with E-state index in [1.54, 1.807) is 6.08 Å². The van der Waals surface area contributed by atoms with Gasteiger partial charge in [0.2, 0.25) is 0 Å². The van der Waals surface area contributed by atoms with Crippen molar-refractivity contribution < 1.29 is 0 Å². The Morgan fingerprint density at radius 1 is 1.20 bits per heavy atom. The molecule has 0 aromatic heterocycles. The van der Waals surface area contributed by atoms with E-state index in [4.69, 9.17) is 0 Å². The van der Waals surface area contributed by atoms with Gasteiger partial charge in [0.05, 0.1) is 0 Å². The van der Waals surface area contributed by atoms with E-state index in [0.717, 1.165) is 5.92 Å². The van der Waals surface area contributed by atoms with Crippen molar-refractivity contribution in [2.45, 2.75) is 48.0 Å². The topological polar surface area (TPSA) is 0 Å². The van der Waals surface area contributed by atoms with Crippen LogP contribution >= 0.6 is 0 Å². The van der Waals surface area contributed by atoms with Gasteiger partial charge >= 0.3 is 0 Å². The third-order valence-electron chi connectivity index (χ3n) is 0. The Morgan fingerprint density at radius 3 is 1.20 bits per heavy atom. The van der Waals surface area contributed by atoms with Gasteiger partial charge in [-0.3, -0.25) is 0 Å². The number of hydrogen-bond acceptors (Lipinski definition) is 0. The molecular weight excluding hydrogens is 120 g/mol. The van der Waals surface area contributed by atoms with Crippen molar-refractivity contribution in [2.75, 3.05) is 0 Å². The van der Waals surface area contributed by atoms with E-state index in [0.29, 0.717) is 0 Å². The van der Waals surface area contributed by atoms with Crippen LogP contribution in [0.3, 0.4) is 0 Å². The van der Waals surface area contributed by atoms with E-state index in [9.17, 15) is 0 Å². The molecule has 0 rings (SSSR count). The van der Waals surface area contributed by atoms with Gasteiger partial charge in [-0.25, -0.2) is 0 Å². The average Bonchev–Trinajstić information content (AvgIpc) is 1.65. The van der Waals surface area contributed by atoms with Crippen molar-refractivity contribution in [2.24, 2.45) is 5.92 Å². The normalized spacial score (nSPS) is 6.70. The maximum Gasteiger partial charge on any atom is -0.0473 e. The predicted molar refractivity (Wildman–Crippen MR) is 52.3 cm³/mol. The Balaban J connectivity index is -0.0000000750. The summed E-state index contributed by atoms with van der Waals surface area (Å²) >= 11 is 0. The molecule has 0 N–H and O–H groups in total. The van der Waals surface area contributed by atoms with Crippen LogP contribution in [0.4, 0.5) is 0 Å². The zero-order valence-corrected chi connectivity index (χ0v) is 8.57. The minimum atomic E-state index is 0.833. The average molecular weight is 144 g/mol. The lowest BCUT2D eigenvalue weighted by Gasteiger charge is -1.79. The van der Waals surface area contributed by atoms with Crippen LogP contribution in [0.1, 0.15) is 48.0 Å². The van der Waals surface area contributed by atoms with Crippen LogP contribution in [0.15, 0.2) is 12.7 Å². The van der Waals surface area contributed by atoms with E-state index in [1.165, 1.54) is 6.42 Å². The molecule has 0 nitrogen and oxygen atoms in total. The lowest BCUT2D eigenvalue weighted by Crippen LogP contribution is -1.66. The first kappa shape index (κ1) is 16.4. The van der Waals surface area contributed by atoms with Crippen LogP contribution in [0.2, 0.25) is 0 Å². The highest BCUT2D eigenvalue weighted by Gasteiger charge is 1.68. The van der Waals surface area contributed by atoms with Crippen molar-refractivity contribution >= 4 is 0 Å². The highest BCUT2D eigenvalue weighted by atomic mass is 13.7. The fourth-order valence-electron chi connectivity index (χ4n) is 0. The second-order valence-electron chi connectivity index (χ2n) is 2.85. The van der Waals surface area contributed by atoms with Gasteiger partial charge in [-0.15, -0.1) is 6.58 Å². The number of allylic oxidation sites excluding steroid dienone is 1. The molecule has 0 aliphatic heterocycles. The maximum absolute atomic E-state index is 3.36. The first-order valence-corrected chi connectivity index (χ1v) is 4.13. The lowest BCUT2D eigenvalue weighted by molar-refractivity contribution is 0.737. The summed E-state index contributed by atoms with van der Waals surface area (Å²) < 4.78 is 0. The Kier molecular flexibility index (Phi) is 38.2. The van der Waals surface area contributed by atoms with Gasteiger partial charge in [-0.05, 0) is 12.8 Å². The standard InChI is InChI=1S/C4H10.C3H8.C3H6/c1-4(2)3;2*1-3-2/h4H,1-3H3;3H2,1-2H3;3H,1H2,2H3. The van der Waals surface area contributed by atoms with Crippen LogP contribution in [0, 0.1) is 5.92 Å². The molecule has 0 fully saturated rings. The zero-order valence-electron chi connectivity index (χ0n) is 8.57. The molecule has 0 spiro atoms. The van der Waals surface area contributed by atoms with Gasteiger partial charge in [0.25, 0.3) is 0 Å². The van der Waals surface area contributed by atoms with Crippen LogP contribution in [-0.2, 0) is 0 Å². The molecule has 0 heterocycles. The molecule has 0 heteroatoms. The Bertz CT molecular complexity index is 32.5. The van der Waals surface area contributed by atoms with Gasteiger partial charge in [0.1, 0.15) is 0 Å². The minimum Gasteiger partial charge on any atom is -0.103 e. The van der Waals surface area contributed by atoms with Crippen molar-refractivity contribution in [1.82, 2.24) is 0 Å². The molecular formula is C10H24. The molecule has 0 aromatic carbocycles. The molecule has 0 saturated carbocycles. The second kappa shape index (κ2) is 23.3. The SMILES string of the molecule is C=CC.CC(C)C.CCC. The summed E-state index contributed by atoms with van der Waals surface area (Å²) in [6, 6.07) is 0. The van der Waals surface area contributed by atoms with E-state index < -0.39 is 0 Å². The molecule has 0 aliphatic rings. The highest BCUT2D eigenvalue weighted by molar-refractivity contribution is 4.51. The number of hydrogen-bond donors (Lipinski definition) is 0. The molecule has 10 heavy (non-hydrogen) atoms. The molecule has 0 amide bonds. The monoisotopic (exact) mass is 144 g/mol. The van der Waals surface area contributed by atoms with Crippen LogP contribution < -0.4 is 0 Å². The summed E-state index contributed by atoms with van der Waals surface area (Å²) in [7, 11) is 0. The molecule has 0 saturated heterocycles. The summed E-state index contributed by atoms with van der Waals surface area (Å²) in [6.45, 7) is 16.0. The van der Waals surface area contributed by atoms with E-state index in [-0.39, 0.29) is 0 Å². The van der Waals surface area contributed by atoms with E-state index in [2.05, 4.69) is 41.2 Å². The van der Waals surface area contributed by atoms with Gasteiger partial charge in [0.15, 0.2) is 0 Å². The summed E-state index contributed by atoms with van der Waals surface area (Å²) in [4.78, 5) is 0. The molecule has 64 valence electrons. The first-order valence-electron chi connectivity index (χ1n) is 4.13. The Hall–Kier alpha value is -0.260. The Labute approximate surface area is 67.3 Å². The van der Waals surface area contributed by atoms with Crippen LogP contribution in [-0.4, -0.2) is 0 Å². The molecule has 0 aliphatic carbocycles. The molecule has 0 bridgehead atoms. The minimum absolute atomic E-state index is 0.833. The lowest BCUT2D eigenvalue weighted by atomic mass is 10.3.